The average Bonchev–Trinajstić information content (AvgIpc) is 3.16. The maximum Gasteiger partial charge on any atom is 0.270 e. The van der Waals surface area contributed by atoms with Gasteiger partial charge in [-0.05, 0) is 55.7 Å². The number of fused-ring (bicyclic) bond motifs is 5. The van der Waals surface area contributed by atoms with Crippen molar-refractivity contribution in [3.05, 3.63) is 35.0 Å². The zero-order valence-electron chi connectivity index (χ0n) is 16.9. The van der Waals surface area contributed by atoms with Crippen molar-refractivity contribution in [1.82, 2.24) is 14.8 Å². The minimum atomic E-state index is 0.0535. The molecule has 5 rings (SSSR count). The van der Waals surface area contributed by atoms with Gasteiger partial charge in [-0.3, -0.25) is 9.59 Å². The Kier molecular flexibility index (Phi) is 4.81. The first-order valence-corrected chi connectivity index (χ1v) is 11.3. The number of nitrogens with zero attached hydrogens (tertiary/aromatic N) is 2. The van der Waals surface area contributed by atoms with Crippen molar-refractivity contribution in [3.8, 4) is 0 Å². The molecule has 0 radical (unpaired) electrons. The van der Waals surface area contributed by atoms with Crippen molar-refractivity contribution >= 4 is 34.3 Å². The molecule has 0 spiro atoms. The monoisotopic (exact) mass is 413 g/mol. The van der Waals surface area contributed by atoms with Gasteiger partial charge in [0, 0.05) is 47.5 Å². The highest BCUT2D eigenvalue weighted by Crippen LogP contribution is 2.43. The number of piperidine rings is 3. The Morgan fingerprint density at radius 1 is 1.28 bits per heavy atom. The molecule has 4 atom stereocenters. The number of carbonyl (C=O) groups is 2. The van der Waals surface area contributed by atoms with Crippen molar-refractivity contribution in [2.45, 2.75) is 57.5 Å². The number of H-pyrrole nitrogens is 1. The van der Waals surface area contributed by atoms with E-state index in [1.165, 1.54) is 0 Å². The summed E-state index contributed by atoms with van der Waals surface area (Å²) in [5, 5.41) is 1.55. The molecule has 0 unspecified atom stereocenters. The van der Waals surface area contributed by atoms with Crippen LogP contribution in [0, 0.1) is 11.8 Å². The molecule has 4 heterocycles. The number of halogens is 1. The van der Waals surface area contributed by atoms with Crippen LogP contribution in [0.5, 0.6) is 0 Å². The van der Waals surface area contributed by atoms with E-state index in [-0.39, 0.29) is 11.9 Å². The molecular weight excluding hydrogens is 386 g/mol. The van der Waals surface area contributed by atoms with Gasteiger partial charge in [0.15, 0.2) is 0 Å². The van der Waals surface area contributed by atoms with Crippen LogP contribution in [0.1, 0.15) is 55.9 Å². The van der Waals surface area contributed by atoms with Gasteiger partial charge >= 0.3 is 0 Å². The van der Waals surface area contributed by atoms with Crippen LogP contribution >= 0.6 is 11.6 Å². The van der Waals surface area contributed by atoms with Gasteiger partial charge in [0.05, 0.1) is 0 Å². The summed E-state index contributed by atoms with van der Waals surface area (Å²) in [6.45, 7) is 3.67. The number of amides is 2. The highest BCUT2D eigenvalue weighted by atomic mass is 35.5. The van der Waals surface area contributed by atoms with Gasteiger partial charge in [-0.25, -0.2) is 0 Å². The zero-order chi connectivity index (χ0) is 20.1. The average molecular weight is 414 g/mol. The quantitative estimate of drug-likeness (QED) is 0.807. The number of rotatable bonds is 3. The third-order valence-electron chi connectivity index (χ3n) is 7.21. The van der Waals surface area contributed by atoms with Crippen LogP contribution in [0.2, 0.25) is 5.02 Å². The Bertz CT molecular complexity index is 955. The Hall–Kier alpha value is -2.01. The molecule has 0 saturated carbocycles. The Balaban J connectivity index is 1.43. The summed E-state index contributed by atoms with van der Waals surface area (Å²) in [7, 11) is 0. The maximum absolute atomic E-state index is 13.4. The lowest BCUT2D eigenvalue weighted by Crippen LogP contribution is -2.65. The van der Waals surface area contributed by atoms with E-state index in [0.29, 0.717) is 40.9 Å². The lowest BCUT2D eigenvalue weighted by Gasteiger charge is -2.56. The molecule has 1 N–H and O–H groups in total. The third kappa shape index (κ3) is 3.14. The van der Waals surface area contributed by atoms with Crippen molar-refractivity contribution in [2.24, 2.45) is 11.8 Å². The molecular formula is C23H28ClN3O2. The fraction of sp³-hybridized carbons (Fsp3) is 0.565. The molecule has 0 aliphatic carbocycles. The number of nitrogens with one attached hydrogen (secondary N) is 1. The lowest BCUT2D eigenvalue weighted by atomic mass is 9.71. The molecule has 3 aliphatic rings. The largest absolute Gasteiger partial charge is 0.350 e. The predicted octanol–water partition coefficient (Wildman–Crippen LogP) is 4.46. The van der Waals surface area contributed by atoms with E-state index in [4.69, 9.17) is 11.6 Å². The number of likely N-dealkylation sites (tertiary alicyclic amines) is 1. The topological polar surface area (TPSA) is 56.4 Å². The van der Waals surface area contributed by atoms with Crippen molar-refractivity contribution in [3.63, 3.8) is 0 Å². The molecule has 3 aliphatic heterocycles. The standard InChI is InChI=1S/C23H28ClN3O2/c1-2-5-20-14-10-15(21-8-4-9-22(28)27(20)21)13-26(12-14)23(29)19-11-16-17(24)6-3-7-18(16)25-19/h3,6-7,11,14-15,20-21,25H,2,4-5,8-10,12-13H2,1H3/t14-,15+,20-,21-/m0/s1. The predicted molar refractivity (Wildman–Crippen MR) is 114 cm³/mol. The molecule has 6 heteroatoms. The van der Waals surface area contributed by atoms with E-state index in [1.807, 2.05) is 29.2 Å². The first-order valence-electron chi connectivity index (χ1n) is 10.9. The first kappa shape index (κ1) is 19.0. The Morgan fingerprint density at radius 3 is 2.90 bits per heavy atom. The molecule has 154 valence electrons. The summed E-state index contributed by atoms with van der Waals surface area (Å²) in [5.41, 5.74) is 1.50. The molecule has 1 aromatic carbocycles. The van der Waals surface area contributed by atoms with Crippen molar-refractivity contribution < 1.29 is 9.59 Å². The second-order valence-corrected chi connectivity index (χ2v) is 9.37. The van der Waals surface area contributed by atoms with Gasteiger partial charge in [-0.1, -0.05) is 31.0 Å². The summed E-state index contributed by atoms with van der Waals surface area (Å²) in [5.74, 6) is 1.16. The summed E-state index contributed by atoms with van der Waals surface area (Å²) < 4.78 is 0. The van der Waals surface area contributed by atoms with E-state index in [0.717, 1.165) is 56.1 Å². The molecule has 2 amide bonds. The van der Waals surface area contributed by atoms with Crippen LogP contribution in [0.3, 0.4) is 0 Å². The zero-order valence-corrected chi connectivity index (χ0v) is 17.6. The number of carbonyl (C=O) groups excluding carboxylic acids is 2. The minimum absolute atomic E-state index is 0.0535. The van der Waals surface area contributed by atoms with E-state index in [2.05, 4.69) is 16.8 Å². The number of aromatic nitrogens is 1. The lowest BCUT2D eigenvalue weighted by molar-refractivity contribution is -0.152. The minimum Gasteiger partial charge on any atom is -0.350 e. The van der Waals surface area contributed by atoms with Crippen LogP contribution in [-0.4, -0.2) is 51.8 Å². The van der Waals surface area contributed by atoms with Crippen molar-refractivity contribution in [1.29, 1.82) is 0 Å². The molecule has 29 heavy (non-hydrogen) atoms. The van der Waals surface area contributed by atoms with Gasteiger partial charge in [0.25, 0.3) is 5.91 Å². The highest BCUT2D eigenvalue weighted by Gasteiger charge is 2.49. The van der Waals surface area contributed by atoms with Gasteiger partial charge < -0.3 is 14.8 Å². The SMILES string of the molecule is CCC[C@H]1[C@H]2C[C@H](CN(C(=O)c3cc4c(Cl)cccc4[nH]3)C2)[C@@H]2CCCC(=O)N21. The summed E-state index contributed by atoms with van der Waals surface area (Å²) >= 11 is 6.30. The van der Waals surface area contributed by atoms with Crippen molar-refractivity contribution in [2.75, 3.05) is 13.1 Å². The van der Waals surface area contributed by atoms with Crippen LogP contribution in [0.4, 0.5) is 0 Å². The van der Waals surface area contributed by atoms with E-state index in [9.17, 15) is 9.59 Å². The molecule has 3 fully saturated rings. The second kappa shape index (κ2) is 7.35. The van der Waals surface area contributed by atoms with Crippen LogP contribution in [-0.2, 0) is 4.79 Å². The molecule has 5 nitrogen and oxygen atoms in total. The second-order valence-electron chi connectivity index (χ2n) is 8.97. The number of benzene rings is 1. The van der Waals surface area contributed by atoms with E-state index < -0.39 is 0 Å². The molecule has 2 aromatic rings. The summed E-state index contributed by atoms with van der Waals surface area (Å²) in [6, 6.07) is 8.15. The summed E-state index contributed by atoms with van der Waals surface area (Å²) in [4.78, 5) is 33.6. The number of aromatic amines is 1. The molecule has 3 saturated heterocycles. The summed E-state index contributed by atoms with van der Waals surface area (Å²) in [6.07, 6.45) is 5.98. The number of hydrogen-bond donors (Lipinski definition) is 1. The third-order valence-corrected chi connectivity index (χ3v) is 7.54. The molecule has 2 bridgehead atoms. The van der Waals surface area contributed by atoms with Gasteiger partial charge in [0.1, 0.15) is 5.69 Å². The van der Waals surface area contributed by atoms with E-state index in [1.54, 1.807) is 0 Å². The fourth-order valence-corrected chi connectivity index (χ4v) is 6.24. The van der Waals surface area contributed by atoms with Gasteiger partial charge in [0.2, 0.25) is 5.91 Å². The highest BCUT2D eigenvalue weighted by molar-refractivity contribution is 6.35. The Morgan fingerprint density at radius 2 is 2.10 bits per heavy atom. The van der Waals surface area contributed by atoms with Gasteiger partial charge in [-0.15, -0.1) is 0 Å². The first-order chi connectivity index (χ1) is 14.1. The fourth-order valence-electron chi connectivity index (χ4n) is 6.01. The number of hydrogen-bond acceptors (Lipinski definition) is 2. The van der Waals surface area contributed by atoms with E-state index >= 15 is 0 Å². The maximum atomic E-state index is 13.4. The smallest absolute Gasteiger partial charge is 0.270 e. The normalized spacial score (nSPS) is 29.2. The molecule has 1 aromatic heterocycles. The van der Waals surface area contributed by atoms with Crippen LogP contribution in [0.25, 0.3) is 10.9 Å². The van der Waals surface area contributed by atoms with Crippen LogP contribution in [0.15, 0.2) is 24.3 Å². The van der Waals surface area contributed by atoms with Crippen LogP contribution < -0.4 is 0 Å². The van der Waals surface area contributed by atoms with Gasteiger partial charge in [-0.2, -0.15) is 0 Å². The Labute approximate surface area is 176 Å².